The molecule has 5 nitrogen and oxygen atoms in total. The SMILES string of the molecule is O=C(O)C1C2CCC(CC2)C1Nc1nc(Cl)nc(-c2cc3ccccc3s2)c1F. The van der Waals surface area contributed by atoms with Crippen molar-refractivity contribution >= 4 is 44.8 Å². The van der Waals surface area contributed by atoms with E-state index < -0.39 is 17.7 Å². The summed E-state index contributed by atoms with van der Waals surface area (Å²) in [7, 11) is 0. The second-order valence-corrected chi connectivity index (χ2v) is 9.28. The van der Waals surface area contributed by atoms with Crippen LogP contribution in [0.5, 0.6) is 0 Å². The molecular weight excluding hydrogens is 413 g/mol. The lowest BCUT2D eigenvalue weighted by Gasteiger charge is -2.47. The standard InChI is InChI=1S/C21H19ClFN3O2S/c22-21-25-18(14-9-12-3-1-2-4-13(12)29-14)16(23)19(26-21)24-17-11-7-5-10(6-8-11)15(17)20(27)28/h1-4,9-11,15,17H,5-8H2,(H,27,28)(H,24,25,26). The number of anilines is 1. The van der Waals surface area contributed by atoms with Gasteiger partial charge in [0.05, 0.1) is 10.8 Å². The van der Waals surface area contributed by atoms with Crippen LogP contribution in [0.2, 0.25) is 5.28 Å². The molecule has 29 heavy (non-hydrogen) atoms. The Morgan fingerprint density at radius 3 is 2.62 bits per heavy atom. The normalized spacial score (nSPS) is 26.0. The van der Waals surface area contributed by atoms with E-state index in [4.69, 9.17) is 11.6 Å². The maximum atomic E-state index is 15.4. The van der Waals surface area contributed by atoms with Crippen molar-refractivity contribution in [1.29, 1.82) is 0 Å². The van der Waals surface area contributed by atoms with E-state index in [1.165, 1.54) is 11.3 Å². The quantitative estimate of drug-likeness (QED) is 0.537. The highest BCUT2D eigenvalue weighted by Crippen LogP contribution is 2.46. The Hall–Kier alpha value is -2.25. The first-order valence-electron chi connectivity index (χ1n) is 9.72. The summed E-state index contributed by atoms with van der Waals surface area (Å²) < 4.78 is 16.4. The van der Waals surface area contributed by atoms with Crippen molar-refractivity contribution in [3.63, 3.8) is 0 Å². The molecule has 0 amide bonds. The Labute approximate surface area is 175 Å². The van der Waals surface area contributed by atoms with Crippen LogP contribution < -0.4 is 5.32 Å². The van der Waals surface area contributed by atoms with Gasteiger partial charge in [-0.2, -0.15) is 4.98 Å². The average Bonchev–Trinajstić information content (AvgIpc) is 3.15. The van der Waals surface area contributed by atoms with E-state index >= 15 is 4.39 Å². The summed E-state index contributed by atoms with van der Waals surface area (Å²) >= 11 is 7.56. The van der Waals surface area contributed by atoms with E-state index in [0.29, 0.717) is 4.88 Å². The largest absolute Gasteiger partial charge is 0.481 e. The van der Waals surface area contributed by atoms with Crippen LogP contribution in [-0.2, 0) is 4.79 Å². The number of hydrogen-bond acceptors (Lipinski definition) is 5. The molecule has 2 N–H and O–H groups in total. The topological polar surface area (TPSA) is 75.1 Å². The van der Waals surface area contributed by atoms with Gasteiger partial charge in [0.1, 0.15) is 5.69 Å². The molecule has 6 rings (SSSR count). The molecule has 3 aromatic rings. The third-order valence-corrected chi connectivity index (χ3v) is 7.58. The number of thiophene rings is 1. The summed E-state index contributed by atoms with van der Waals surface area (Å²) in [5.41, 5.74) is 0.140. The first kappa shape index (κ1) is 18.8. The number of carboxylic acid groups (broad SMARTS) is 1. The Bertz CT molecular complexity index is 1060. The van der Waals surface area contributed by atoms with E-state index in [0.717, 1.165) is 35.8 Å². The summed E-state index contributed by atoms with van der Waals surface area (Å²) in [6.07, 6.45) is 3.74. The zero-order valence-electron chi connectivity index (χ0n) is 15.4. The first-order chi connectivity index (χ1) is 14.0. The third-order valence-electron chi connectivity index (χ3n) is 6.29. The van der Waals surface area contributed by atoms with Crippen LogP contribution in [-0.4, -0.2) is 27.1 Å². The van der Waals surface area contributed by atoms with Crippen LogP contribution in [0.1, 0.15) is 25.7 Å². The monoisotopic (exact) mass is 431 g/mol. The first-order valence-corrected chi connectivity index (χ1v) is 10.9. The number of carboxylic acids is 1. The fourth-order valence-corrected chi connectivity index (χ4v) is 6.16. The minimum absolute atomic E-state index is 0.0127. The van der Waals surface area contributed by atoms with Crippen LogP contribution >= 0.6 is 22.9 Å². The fraction of sp³-hybridized carbons (Fsp3) is 0.381. The molecule has 2 unspecified atom stereocenters. The molecule has 3 aliphatic rings. The zero-order valence-corrected chi connectivity index (χ0v) is 17.0. The highest BCUT2D eigenvalue weighted by molar-refractivity contribution is 7.22. The Morgan fingerprint density at radius 2 is 1.90 bits per heavy atom. The number of nitrogens with one attached hydrogen (secondary N) is 1. The van der Waals surface area contributed by atoms with Crippen LogP contribution in [0.3, 0.4) is 0 Å². The molecule has 1 aromatic carbocycles. The molecule has 2 atom stereocenters. The minimum atomic E-state index is -0.831. The molecule has 150 valence electrons. The maximum absolute atomic E-state index is 15.4. The number of halogens is 2. The van der Waals surface area contributed by atoms with Crippen molar-refractivity contribution in [2.75, 3.05) is 5.32 Å². The molecule has 2 aromatic heterocycles. The number of nitrogens with zero attached hydrogens (tertiary/aromatic N) is 2. The van der Waals surface area contributed by atoms with Crippen LogP contribution in [0.25, 0.3) is 20.7 Å². The van der Waals surface area contributed by atoms with Gasteiger partial charge in [0.25, 0.3) is 0 Å². The lowest BCUT2D eigenvalue weighted by atomic mass is 9.61. The third kappa shape index (κ3) is 3.26. The van der Waals surface area contributed by atoms with Crippen LogP contribution in [0, 0.1) is 23.6 Å². The van der Waals surface area contributed by atoms with Gasteiger partial charge in [-0.1, -0.05) is 18.2 Å². The van der Waals surface area contributed by atoms with E-state index in [1.54, 1.807) is 0 Å². The predicted molar refractivity (Wildman–Crippen MR) is 112 cm³/mol. The Morgan fingerprint density at radius 1 is 1.17 bits per heavy atom. The van der Waals surface area contributed by atoms with Crippen LogP contribution in [0.4, 0.5) is 10.2 Å². The summed E-state index contributed by atoms with van der Waals surface area (Å²) in [5, 5.41) is 13.8. The van der Waals surface area contributed by atoms with Gasteiger partial charge in [-0.15, -0.1) is 11.3 Å². The number of rotatable bonds is 4. The molecule has 3 aliphatic carbocycles. The van der Waals surface area contributed by atoms with Gasteiger partial charge in [-0.3, -0.25) is 4.79 Å². The molecule has 0 saturated heterocycles. The fourth-order valence-electron chi connectivity index (χ4n) is 4.95. The number of aliphatic carboxylic acids is 1. The minimum Gasteiger partial charge on any atom is -0.481 e. The molecule has 0 spiro atoms. The lowest BCUT2D eigenvalue weighted by molar-refractivity contribution is -0.148. The predicted octanol–water partition coefficient (Wildman–Crippen LogP) is 5.45. The van der Waals surface area contributed by atoms with Crippen LogP contribution in [0.15, 0.2) is 30.3 Å². The lowest BCUT2D eigenvalue weighted by Crippen LogP contribution is -2.51. The summed E-state index contributed by atoms with van der Waals surface area (Å²) in [6, 6.07) is 9.33. The zero-order chi connectivity index (χ0) is 20.1. The summed E-state index contributed by atoms with van der Waals surface area (Å²) in [5.74, 6) is -1.65. The summed E-state index contributed by atoms with van der Waals surface area (Å²) in [6.45, 7) is 0. The number of aromatic nitrogens is 2. The highest BCUT2D eigenvalue weighted by Gasteiger charge is 2.47. The second-order valence-electron chi connectivity index (χ2n) is 7.86. The van der Waals surface area contributed by atoms with Crippen molar-refractivity contribution in [3.8, 4) is 10.6 Å². The number of hydrogen-bond donors (Lipinski definition) is 2. The van der Waals surface area contributed by atoms with Gasteiger partial charge < -0.3 is 10.4 Å². The second kappa shape index (κ2) is 7.22. The molecule has 0 aliphatic heterocycles. The van der Waals surface area contributed by atoms with Gasteiger partial charge in [-0.05, 0) is 66.6 Å². The number of fused-ring (bicyclic) bond motifs is 4. The van der Waals surface area contributed by atoms with Gasteiger partial charge >= 0.3 is 5.97 Å². The van der Waals surface area contributed by atoms with Gasteiger partial charge in [-0.25, -0.2) is 9.37 Å². The molecule has 3 saturated carbocycles. The number of benzene rings is 1. The van der Waals surface area contributed by atoms with Gasteiger partial charge in [0, 0.05) is 10.7 Å². The molecule has 2 heterocycles. The van der Waals surface area contributed by atoms with Crippen molar-refractivity contribution in [1.82, 2.24) is 9.97 Å². The maximum Gasteiger partial charge on any atom is 0.308 e. The van der Waals surface area contributed by atoms with Crippen molar-refractivity contribution in [2.24, 2.45) is 17.8 Å². The van der Waals surface area contributed by atoms with Crippen molar-refractivity contribution in [2.45, 2.75) is 31.7 Å². The van der Waals surface area contributed by atoms with E-state index in [-0.39, 0.29) is 34.7 Å². The van der Waals surface area contributed by atoms with E-state index in [2.05, 4.69) is 15.3 Å². The number of carbonyl (C=O) groups is 1. The molecule has 0 radical (unpaired) electrons. The van der Waals surface area contributed by atoms with E-state index in [9.17, 15) is 9.90 Å². The van der Waals surface area contributed by atoms with Gasteiger partial charge in [0.15, 0.2) is 11.6 Å². The van der Waals surface area contributed by atoms with Crippen molar-refractivity contribution in [3.05, 3.63) is 41.4 Å². The highest BCUT2D eigenvalue weighted by atomic mass is 35.5. The smallest absolute Gasteiger partial charge is 0.308 e. The molecule has 8 heteroatoms. The average molecular weight is 432 g/mol. The van der Waals surface area contributed by atoms with Crippen molar-refractivity contribution < 1.29 is 14.3 Å². The van der Waals surface area contributed by atoms with Gasteiger partial charge in [0.2, 0.25) is 5.28 Å². The Kier molecular flexibility index (Phi) is 4.67. The molecular formula is C21H19ClFN3O2S. The van der Waals surface area contributed by atoms with E-state index in [1.807, 2.05) is 30.3 Å². The molecule has 3 fully saturated rings. The molecule has 2 bridgehead atoms. The Balaban J connectivity index is 1.53. The summed E-state index contributed by atoms with van der Waals surface area (Å²) in [4.78, 5) is 20.7.